The molecule has 0 spiro atoms. The molecule has 0 aromatic heterocycles. The van der Waals surface area contributed by atoms with Gasteiger partial charge in [0, 0.05) is 5.56 Å². The van der Waals surface area contributed by atoms with Gasteiger partial charge in [0.15, 0.2) is 17.2 Å². The fourth-order valence-corrected chi connectivity index (χ4v) is 2.70. The molecule has 1 aliphatic heterocycles. The van der Waals surface area contributed by atoms with Gasteiger partial charge in [-0.15, -0.1) is 0 Å². The molecule has 2 aromatic rings. The normalized spacial score (nSPS) is 15.1. The van der Waals surface area contributed by atoms with Gasteiger partial charge in [-0.2, -0.15) is 0 Å². The van der Waals surface area contributed by atoms with Gasteiger partial charge in [-0.05, 0) is 42.8 Å². The Kier molecular flexibility index (Phi) is 5.05. The van der Waals surface area contributed by atoms with Gasteiger partial charge in [-0.3, -0.25) is 0 Å². The van der Waals surface area contributed by atoms with Crippen LogP contribution in [0.2, 0.25) is 5.02 Å². The van der Waals surface area contributed by atoms with E-state index >= 15 is 0 Å². The van der Waals surface area contributed by atoms with Crippen LogP contribution in [-0.4, -0.2) is 25.6 Å². The summed E-state index contributed by atoms with van der Waals surface area (Å²) in [6, 6.07) is 12.7. The lowest BCUT2D eigenvalue weighted by atomic mass is 10.1. The molecule has 5 nitrogen and oxygen atoms in total. The van der Waals surface area contributed by atoms with E-state index in [1.807, 2.05) is 37.3 Å². The molecular weight excluding hydrogens is 342 g/mol. The van der Waals surface area contributed by atoms with E-state index in [1.54, 1.807) is 18.2 Å². The first-order chi connectivity index (χ1) is 12.1. The number of aliphatic imine (C=N–C) groups is 1. The topological polar surface area (TPSA) is 57.1 Å². The number of methoxy groups -OCH3 is 1. The zero-order valence-electron chi connectivity index (χ0n) is 13.8. The molecule has 6 heteroatoms. The second-order valence-corrected chi connectivity index (χ2v) is 5.58. The highest BCUT2D eigenvalue weighted by Gasteiger charge is 2.24. The lowest BCUT2D eigenvalue weighted by Crippen LogP contribution is -2.05. The SMILES string of the molecule is CCOc1cc(C=C2N=C(c3ccccc3)OC2=O)cc(Cl)c1OC. The fourth-order valence-electron chi connectivity index (χ4n) is 2.40. The Balaban J connectivity index is 1.97. The van der Waals surface area contributed by atoms with Crippen molar-refractivity contribution in [2.45, 2.75) is 6.92 Å². The molecule has 25 heavy (non-hydrogen) atoms. The number of esters is 1. The summed E-state index contributed by atoms with van der Waals surface area (Å²) < 4.78 is 16.0. The standard InChI is InChI=1S/C19H16ClNO4/c1-3-24-16-11-12(9-14(20)17(16)23-2)10-15-19(22)25-18(21-15)13-7-5-4-6-8-13/h4-11H,3H2,1-2H3. The first-order valence-electron chi connectivity index (χ1n) is 7.70. The minimum atomic E-state index is -0.510. The molecule has 0 amide bonds. The number of hydrogen-bond acceptors (Lipinski definition) is 5. The Morgan fingerprint density at radius 2 is 2.00 bits per heavy atom. The largest absolute Gasteiger partial charge is 0.491 e. The van der Waals surface area contributed by atoms with Gasteiger partial charge in [-0.1, -0.05) is 29.8 Å². The first-order valence-corrected chi connectivity index (χ1v) is 8.08. The summed E-state index contributed by atoms with van der Waals surface area (Å²) >= 11 is 6.23. The highest BCUT2D eigenvalue weighted by atomic mass is 35.5. The van der Waals surface area contributed by atoms with Crippen molar-refractivity contribution in [3.05, 3.63) is 64.3 Å². The maximum absolute atomic E-state index is 12.1. The molecule has 0 aliphatic carbocycles. The number of nitrogens with zero attached hydrogens (tertiary/aromatic N) is 1. The number of hydrogen-bond donors (Lipinski definition) is 0. The van der Waals surface area contributed by atoms with Gasteiger partial charge in [-0.25, -0.2) is 9.79 Å². The molecule has 128 valence electrons. The average molecular weight is 358 g/mol. The van der Waals surface area contributed by atoms with E-state index in [-0.39, 0.29) is 11.6 Å². The number of rotatable bonds is 5. The average Bonchev–Trinajstić information content (AvgIpc) is 2.97. The highest BCUT2D eigenvalue weighted by molar-refractivity contribution is 6.32. The molecule has 2 aromatic carbocycles. The summed E-state index contributed by atoms with van der Waals surface area (Å²) in [6.07, 6.45) is 1.60. The van der Waals surface area contributed by atoms with Gasteiger partial charge in [0.05, 0.1) is 18.7 Å². The number of ether oxygens (including phenoxy) is 3. The Morgan fingerprint density at radius 1 is 1.24 bits per heavy atom. The van der Waals surface area contributed by atoms with Crippen molar-refractivity contribution in [2.24, 2.45) is 4.99 Å². The van der Waals surface area contributed by atoms with E-state index in [0.717, 1.165) is 5.56 Å². The van der Waals surface area contributed by atoms with E-state index in [0.29, 0.717) is 28.7 Å². The minimum absolute atomic E-state index is 0.197. The monoisotopic (exact) mass is 357 g/mol. The van der Waals surface area contributed by atoms with Crippen LogP contribution in [0.15, 0.2) is 53.2 Å². The molecule has 0 N–H and O–H groups in total. The van der Waals surface area contributed by atoms with Gasteiger partial charge in [0.2, 0.25) is 5.90 Å². The number of carbonyl (C=O) groups is 1. The number of benzene rings is 2. The van der Waals surface area contributed by atoms with Gasteiger partial charge in [0.25, 0.3) is 0 Å². The lowest BCUT2D eigenvalue weighted by molar-refractivity contribution is -0.129. The number of carbonyl (C=O) groups excluding carboxylic acids is 1. The fraction of sp³-hybridized carbons (Fsp3) is 0.158. The van der Waals surface area contributed by atoms with E-state index < -0.39 is 5.97 Å². The highest BCUT2D eigenvalue weighted by Crippen LogP contribution is 2.37. The van der Waals surface area contributed by atoms with Gasteiger partial charge < -0.3 is 14.2 Å². The molecule has 0 unspecified atom stereocenters. The van der Waals surface area contributed by atoms with Crippen LogP contribution < -0.4 is 9.47 Å². The second kappa shape index (κ2) is 7.40. The van der Waals surface area contributed by atoms with Crippen molar-refractivity contribution in [1.82, 2.24) is 0 Å². The minimum Gasteiger partial charge on any atom is -0.491 e. The van der Waals surface area contributed by atoms with Crippen molar-refractivity contribution in [3.63, 3.8) is 0 Å². The summed E-state index contributed by atoms with van der Waals surface area (Å²) in [5.74, 6) is 0.723. The quantitative estimate of drug-likeness (QED) is 0.597. The van der Waals surface area contributed by atoms with Crippen LogP contribution in [0, 0.1) is 0 Å². The van der Waals surface area contributed by atoms with Gasteiger partial charge in [0.1, 0.15) is 0 Å². The van der Waals surface area contributed by atoms with Crippen molar-refractivity contribution in [2.75, 3.05) is 13.7 Å². The van der Waals surface area contributed by atoms with Crippen LogP contribution >= 0.6 is 11.6 Å². The van der Waals surface area contributed by atoms with E-state index in [1.165, 1.54) is 7.11 Å². The summed E-state index contributed by atoms with van der Waals surface area (Å²) in [6.45, 7) is 2.33. The Labute approximate surface area is 150 Å². The Morgan fingerprint density at radius 3 is 2.68 bits per heavy atom. The van der Waals surface area contributed by atoms with E-state index in [2.05, 4.69) is 4.99 Å². The third-order valence-electron chi connectivity index (χ3n) is 3.48. The molecular formula is C19H16ClNO4. The van der Waals surface area contributed by atoms with Crippen LogP contribution in [0.4, 0.5) is 0 Å². The third-order valence-corrected chi connectivity index (χ3v) is 3.76. The van der Waals surface area contributed by atoms with Crippen molar-refractivity contribution < 1.29 is 19.0 Å². The molecule has 1 heterocycles. The molecule has 0 atom stereocenters. The van der Waals surface area contributed by atoms with Crippen LogP contribution in [0.3, 0.4) is 0 Å². The van der Waals surface area contributed by atoms with Crippen LogP contribution in [0.5, 0.6) is 11.5 Å². The molecule has 0 saturated heterocycles. The van der Waals surface area contributed by atoms with Gasteiger partial charge >= 0.3 is 5.97 Å². The summed E-state index contributed by atoms with van der Waals surface area (Å²) in [5, 5.41) is 0.388. The predicted molar refractivity (Wildman–Crippen MR) is 96.2 cm³/mol. The molecule has 0 saturated carbocycles. The predicted octanol–water partition coefficient (Wildman–Crippen LogP) is 4.09. The van der Waals surface area contributed by atoms with E-state index in [4.69, 9.17) is 25.8 Å². The maximum atomic E-state index is 12.1. The van der Waals surface area contributed by atoms with Crippen molar-refractivity contribution in [1.29, 1.82) is 0 Å². The number of cyclic esters (lactones) is 1. The van der Waals surface area contributed by atoms with Crippen molar-refractivity contribution >= 4 is 29.5 Å². The van der Waals surface area contributed by atoms with Crippen LogP contribution in [-0.2, 0) is 9.53 Å². The molecule has 3 rings (SSSR count). The molecule has 0 radical (unpaired) electrons. The van der Waals surface area contributed by atoms with E-state index in [9.17, 15) is 4.79 Å². The number of halogens is 1. The first kappa shape index (κ1) is 17.0. The van der Waals surface area contributed by atoms with Crippen LogP contribution in [0.25, 0.3) is 6.08 Å². The van der Waals surface area contributed by atoms with Crippen LogP contribution in [0.1, 0.15) is 18.1 Å². The van der Waals surface area contributed by atoms with Crippen molar-refractivity contribution in [3.8, 4) is 11.5 Å². The molecule has 0 bridgehead atoms. The summed E-state index contributed by atoms with van der Waals surface area (Å²) in [7, 11) is 1.52. The lowest BCUT2D eigenvalue weighted by Gasteiger charge is -2.11. The summed E-state index contributed by atoms with van der Waals surface area (Å²) in [4.78, 5) is 16.4. The summed E-state index contributed by atoms with van der Waals surface area (Å²) in [5.41, 5.74) is 1.60. The molecule has 1 aliphatic rings. The zero-order valence-corrected chi connectivity index (χ0v) is 14.5. The molecule has 0 fully saturated rings. The third kappa shape index (κ3) is 3.67. The Bertz CT molecular complexity index is 859. The maximum Gasteiger partial charge on any atom is 0.363 e. The zero-order chi connectivity index (χ0) is 17.8. The Hall–Kier alpha value is -2.79. The smallest absolute Gasteiger partial charge is 0.363 e. The second-order valence-electron chi connectivity index (χ2n) is 5.17.